The molecule has 2 aromatic rings. The maximum absolute atomic E-state index is 11.1. The van der Waals surface area contributed by atoms with Gasteiger partial charge in [0.2, 0.25) is 5.91 Å². The quantitative estimate of drug-likeness (QED) is 0.770. The highest BCUT2D eigenvalue weighted by atomic mass is 32.2. The molecule has 0 spiro atoms. The summed E-state index contributed by atoms with van der Waals surface area (Å²) in [6.07, 6.45) is 3.39. The summed E-state index contributed by atoms with van der Waals surface area (Å²) in [5.74, 6) is -1.43. The minimum atomic E-state index is -0.922. The number of nitrogens with zero attached hydrogens (tertiary/aromatic N) is 3. The molecule has 0 saturated heterocycles. The number of pyridine rings is 1. The SMILES string of the molecule is CC(CC(N)=O)n1c(SCC(=O)O)nc2cnccc21. The van der Waals surface area contributed by atoms with Crippen molar-refractivity contribution >= 4 is 34.7 Å². The Morgan fingerprint density at radius 1 is 1.55 bits per heavy atom. The molecule has 20 heavy (non-hydrogen) atoms. The van der Waals surface area contributed by atoms with Crippen molar-refractivity contribution in [1.29, 1.82) is 0 Å². The van der Waals surface area contributed by atoms with Crippen molar-refractivity contribution in [2.24, 2.45) is 5.73 Å². The van der Waals surface area contributed by atoms with Gasteiger partial charge in [-0.1, -0.05) is 11.8 Å². The Balaban J connectivity index is 2.43. The number of nitrogens with two attached hydrogens (primary N) is 1. The van der Waals surface area contributed by atoms with Gasteiger partial charge in [0, 0.05) is 18.7 Å². The molecule has 2 heterocycles. The van der Waals surface area contributed by atoms with E-state index in [4.69, 9.17) is 10.8 Å². The molecular weight excluding hydrogens is 280 g/mol. The molecule has 1 atom stereocenters. The third-order valence-corrected chi connectivity index (χ3v) is 3.66. The summed E-state index contributed by atoms with van der Waals surface area (Å²) in [6, 6.07) is 1.58. The number of aromatic nitrogens is 3. The normalized spacial score (nSPS) is 12.4. The molecule has 1 amide bonds. The van der Waals surface area contributed by atoms with Gasteiger partial charge in [-0.15, -0.1) is 0 Å². The van der Waals surface area contributed by atoms with Crippen molar-refractivity contribution in [2.45, 2.75) is 24.5 Å². The summed E-state index contributed by atoms with van der Waals surface area (Å²) < 4.78 is 1.83. The van der Waals surface area contributed by atoms with E-state index in [-0.39, 0.29) is 18.2 Å². The number of hydrogen-bond donors (Lipinski definition) is 2. The van der Waals surface area contributed by atoms with Crippen LogP contribution in [-0.4, -0.2) is 37.3 Å². The number of amides is 1. The predicted molar refractivity (Wildman–Crippen MR) is 74.4 cm³/mol. The molecule has 0 fully saturated rings. The smallest absolute Gasteiger partial charge is 0.313 e. The molecule has 0 aliphatic heterocycles. The lowest BCUT2D eigenvalue weighted by molar-refractivity contribution is -0.134. The summed E-state index contributed by atoms with van der Waals surface area (Å²) in [5, 5.41) is 9.33. The number of hydrogen-bond acceptors (Lipinski definition) is 5. The van der Waals surface area contributed by atoms with Gasteiger partial charge in [-0.3, -0.25) is 14.6 Å². The van der Waals surface area contributed by atoms with Gasteiger partial charge in [0.1, 0.15) is 5.52 Å². The molecule has 3 N–H and O–H groups in total. The van der Waals surface area contributed by atoms with Crippen LogP contribution in [0.2, 0.25) is 0 Å². The number of thioether (sulfide) groups is 1. The first-order chi connectivity index (χ1) is 9.49. The van der Waals surface area contributed by atoms with Crippen LogP contribution in [-0.2, 0) is 9.59 Å². The Morgan fingerprint density at radius 2 is 2.30 bits per heavy atom. The largest absolute Gasteiger partial charge is 0.481 e. The summed E-state index contributed by atoms with van der Waals surface area (Å²) in [5.41, 5.74) is 6.70. The number of carboxylic acids is 1. The third-order valence-electron chi connectivity index (χ3n) is 2.72. The van der Waals surface area contributed by atoms with Gasteiger partial charge in [0.15, 0.2) is 5.16 Å². The van der Waals surface area contributed by atoms with Gasteiger partial charge >= 0.3 is 5.97 Å². The van der Waals surface area contributed by atoms with Crippen LogP contribution in [0.1, 0.15) is 19.4 Å². The van der Waals surface area contributed by atoms with Crippen molar-refractivity contribution in [2.75, 3.05) is 5.75 Å². The van der Waals surface area contributed by atoms with Crippen LogP contribution in [0.25, 0.3) is 11.0 Å². The zero-order valence-corrected chi connectivity index (χ0v) is 11.6. The number of carboxylic acid groups (broad SMARTS) is 1. The first-order valence-corrected chi connectivity index (χ1v) is 6.92. The maximum atomic E-state index is 11.1. The summed E-state index contributed by atoms with van der Waals surface area (Å²) in [4.78, 5) is 30.1. The zero-order valence-electron chi connectivity index (χ0n) is 10.8. The first-order valence-electron chi connectivity index (χ1n) is 5.94. The van der Waals surface area contributed by atoms with E-state index >= 15 is 0 Å². The molecule has 7 nitrogen and oxygen atoms in total. The van der Waals surface area contributed by atoms with E-state index < -0.39 is 11.9 Å². The van der Waals surface area contributed by atoms with Gasteiger partial charge < -0.3 is 15.4 Å². The molecule has 0 aliphatic carbocycles. The lowest BCUT2D eigenvalue weighted by atomic mass is 10.2. The average molecular weight is 294 g/mol. The highest BCUT2D eigenvalue weighted by Gasteiger charge is 2.18. The van der Waals surface area contributed by atoms with Crippen molar-refractivity contribution in [3.8, 4) is 0 Å². The topological polar surface area (TPSA) is 111 Å². The highest BCUT2D eigenvalue weighted by molar-refractivity contribution is 7.99. The first kappa shape index (κ1) is 14.3. The molecule has 2 rings (SSSR count). The van der Waals surface area contributed by atoms with E-state index in [0.29, 0.717) is 10.7 Å². The zero-order chi connectivity index (χ0) is 14.7. The second-order valence-electron chi connectivity index (χ2n) is 4.33. The third kappa shape index (κ3) is 3.08. The fourth-order valence-electron chi connectivity index (χ4n) is 1.97. The molecule has 0 saturated carbocycles. The number of carbonyl (C=O) groups excluding carboxylic acids is 1. The van der Waals surface area contributed by atoms with E-state index in [0.717, 1.165) is 17.3 Å². The number of carbonyl (C=O) groups is 2. The number of fused-ring (bicyclic) bond motifs is 1. The number of primary amides is 1. The van der Waals surface area contributed by atoms with Gasteiger partial charge in [-0.2, -0.15) is 0 Å². The van der Waals surface area contributed by atoms with E-state index in [9.17, 15) is 9.59 Å². The van der Waals surface area contributed by atoms with Crippen LogP contribution in [0.3, 0.4) is 0 Å². The van der Waals surface area contributed by atoms with Gasteiger partial charge in [-0.05, 0) is 13.0 Å². The van der Waals surface area contributed by atoms with Crippen LogP contribution in [0.15, 0.2) is 23.6 Å². The summed E-state index contributed by atoms with van der Waals surface area (Å²) >= 11 is 1.11. The van der Waals surface area contributed by atoms with E-state index in [1.807, 2.05) is 11.5 Å². The fourth-order valence-corrected chi connectivity index (χ4v) is 2.80. The maximum Gasteiger partial charge on any atom is 0.313 e. The minimum Gasteiger partial charge on any atom is -0.481 e. The standard InChI is InChI=1S/C12H14N4O3S/c1-7(4-10(13)17)16-9-2-3-14-5-8(9)15-12(16)20-6-11(18)19/h2-3,5,7H,4,6H2,1H3,(H2,13,17)(H,18,19). The van der Waals surface area contributed by atoms with E-state index in [1.165, 1.54) is 0 Å². The van der Waals surface area contributed by atoms with Gasteiger partial charge in [0.05, 0.1) is 17.5 Å². The van der Waals surface area contributed by atoms with Crippen molar-refractivity contribution in [3.05, 3.63) is 18.5 Å². The number of aliphatic carboxylic acids is 1. The molecule has 0 aromatic carbocycles. The van der Waals surface area contributed by atoms with Gasteiger partial charge in [-0.25, -0.2) is 4.98 Å². The van der Waals surface area contributed by atoms with Crippen molar-refractivity contribution in [1.82, 2.24) is 14.5 Å². The lowest BCUT2D eigenvalue weighted by Gasteiger charge is -2.15. The van der Waals surface area contributed by atoms with E-state index in [2.05, 4.69) is 9.97 Å². The number of rotatable bonds is 6. The molecule has 1 unspecified atom stereocenters. The van der Waals surface area contributed by atoms with E-state index in [1.54, 1.807) is 18.5 Å². The Labute approximate surface area is 119 Å². The Hall–Kier alpha value is -2.09. The molecule has 0 bridgehead atoms. The van der Waals surface area contributed by atoms with Crippen LogP contribution >= 0.6 is 11.8 Å². The monoisotopic (exact) mass is 294 g/mol. The average Bonchev–Trinajstić information content (AvgIpc) is 2.73. The highest BCUT2D eigenvalue weighted by Crippen LogP contribution is 2.28. The molecule has 106 valence electrons. The van der Waals surface area contributed by atoms with Crippen molar-refractivity contribution in [3.63, 3.8) is 0 Å². The Kier molecular flexibility index (Phi) is 4.23. The van der Waals surface area contributed by atoms with Crippen LogP contribution in [0, 0.1) is 0 Å². The van der Waals surface area contributed by atoms with Crippen LogP contribution in [0.5, 0.6) is 0 Å². The minimum absolute atomic E-state index is 0.0972. The molecule has 0 aliphatic rings. The fraction of sp³-hybridized carbons (Fsp3) is 0.333. The Morgan fingerprint density at radius 3 is 2.95 bits per heavy atom. The van der Waals surface area contributed by atoms with Crippen LogP contribution < -0.4 is 5.73 Å². The molecule has 8 heteroatoms. The second kappa shape index (κ2) is 5.91. The van der Waals surface area contributed by atoms with Gasteiger partial charge in [0.25, 0.3) is 0 Å². The molecule has 2 aromatic heterocycles. The summed E-state index contributed by atoms with van der Waals surface area (Å²) in [7, 11) is 0. The predicted octanol–water partition coefficient (Wildman–Crippen LogP) is 1.04. The lowest BCUT2D eigenvalue weighted by Crippen LogP contribution is -2.18. The van der Waals surface area contributed by atoms with Crippen LogP contribution in [0.4, 0.5) is 0 Å². The summed E-state index contributed by atoms with van der Waals surface area (Å²) in [6.45, 7) is 1.84. The second-order valence-corrected chi connectivity index (χ2v) is 5.27. The molecular formula is C12H14N4O3S. The number of imidazole rings is 1. The Bertz CT molecular complexity index is 655. The molecule has 0 radical (unpaired) electrons. The van der Waals surface area contributed by atoms with Crippen molar-refractivity contribution < 1.29 is 14.7 Å².